The minimum absolute atomic E-state index is 0.589. The SMILES string of the molecule is COc1nccnc1N1CCN(Cc2cccc(Cl)c2)CC1. The van der Waals surface area contributed by atoms with Crippen molar-refractivity contribution in [1.29, 1.82) is 0 Å². The predicted octanol–water partition coefficient (Wildman–Crippen LogP) is 2.46. The quantitative estimate of drug-likeness (QED) is 0.866. The van der Waals surface area contributed by atoms with Crippen LogP contribution in [0.15, 0.2) is 36.7 Å². The molecule has 0 atom stereocenters. The lowest BCUT2D eigenvalue weighted by molar-refractivity contribution is 0.248. The molecule has 116 valence electrons. The molecule has 3 rings (SSSR count). The van der Waals surface area contributed by atoms with E-state index in [9.17, 15) is 0 Å². The van der Waals surface area contributed by atoms with Gasteiger partial charge in [-0.2, -0.15) is 0 Å². The van der Waals surface area contributed by atoms with Crippen LogP contribution in [0, 0.1) is 0 Å². The summed E-state index contributed by atoms with van der Waals surface area (Å²) in [6, 6.07) is 8.05. The molecule has 0 spiro atoms. The predicted molar refractivity (Wildman–Crippen MR) is 87.5 cm³/mol. The minimum Gasteiger partial charge on any atom is -0.478 e. The van der Waals surface area contributed by atoms with Crippen LogP contribution in [0.5, 0.6) is 5.88 Å². The third-order valence-corrected chi connectivity index (χ3v) is 4.04. The van der Waals surface area contributed by atoms with Gasteiger partial charge >= 0.3 is 0 Å². The highest BCUT2D eigenvalue weighted by atomic mass is 35.5. The first-order valence-electron chi connectivity index (χ1n) is 7.33. The Morgan fingerprint density at radius 2 is 1.91 bits per heavy atom. The molecule has 22 heavy (non-hydrogen) atoms. The smallest absolute Gasteiger partial charge is 0.257 e. The number of nitrogens with zero attached hydrogens (tertiary/aromatic N) is 4. The Kier molecular flexibility index (Phi) is 4.75. The molecular formula is C16H19ClN4O. The summed E-state index contributed by atoms with van der Waals surface area (Å²) in [6.07, 6.45) is 3.36. The first kappa shape index (κ1) is 15.1. The number of hydrogen-bond donors (Lipinski definition) is 0. The van der Waals surface area contributed by atoms with Crippen molar-refractivity contribution in [2.45, 2.75) is 6.54 Å². The maximum atomic E-state index is 6.04. The minimum atomic E-state index is 0.589. The molecule has 1 aliphatic rings. The number of piperazine rings is 1. The summed E-state index contributed by atoms with van der Waals surface area (Å²) in [5, 5.41) is 0.792. The fourth-order valence-corrected chi connectivity index (χ4v) is 2.90. The number of rotatable bonds is 4. The summed E-state index contributed by atoms with van der Waals surface area (Å²) in [5.41, 5.74) is 1.25. The Labute approximate surface area is 135 Å². The summed E-state index contributed by atoms with van der Waals surface area (Å²) in [7, 11) is 1.63. The van der Waals surface area contributed by atoms with Crippen molar-refractivity contribution in [3.8, 4) is 5.88 Å². The van der Waals surface area contributed by atoms with Crippen molar-refractivity contribution in [2.75, 3.05) is 38.2 Å². The van der Waals surface area contributed by atoms with Crippen LogP contribution in [0.25, 0.3) is 0 Å². The second-order valence-electron chi connectivity index (χ2n) is 5.28. The van der Waals surface area contributed by atoms with E-state index in [1.165, 1.54) is 5.56 Å². The Morgan fingerprint density at radius 1 is 1.14 bits per heavy atom. The summed E-state index contributed by atoms with van der Waals surface area (Å²) >= 11 is 6.04. The molecule has 1 aliphatic heterocycles. The van der Waals surface area contributed by atoms with Gasteiger partial charge < -0.3 is 9.64 Å². The van der Waals surface area contributed by atoms with Gasteiger partial charge in [-0.1, -0.05) is 23.7 Å². The van der Waals surface area contributed by atoms with E-state index in [1.54, 1.807) is 19.5 Å². The van der Waals surface area contributed by atoms with E-state index >= 15 is 0 Å². The molecule has 2 heterocycles. The summed E-state index contributed by atoms with van der Waals surface area (Å²) in [4.78, 5) is 13.3. The fraction of sp³-hybridized carbons (Fsp3) is 0.375. The zero-order valence-electron chi connectivity index (χ0n) is 12.6. The third-order valence-electron chi connectivity index (χ3n) is 3.81. The molecule has 5 nitrogen and oxygen atoms in total. The van der Waals surface area contributed by atoms with Crippen LogP contribution in [0.4, 0.5) is 5.82 Å². The number of methoxy groups -OCH3 is 1. The van der Waals surface area contributed by atoms with Gasteiger partial charge in [-0.05, 0) is 17.7 Å². The van der Waals surface area contributed by atoms with Crippen LogP contribution < -0.4 is 9.64 Å². The normalized spacial score (nSPS) is 15.8. The van der Waals surface area contributed by atoms with Crippen molar-refractivity contribution in [3.05, 3.63) is 47.2 Å². The lowest BCUT2D eigenvalue weighted by Gasteiger charge is -2.35. The Morgan fingerprint density at radius 3 is 2.64 bits per heavy atom. The maximum absolute atomic E-state index is 6.04. The molecule has 0 amide bonds. The molecule has 0 bridgehead atoms. The zero-order chi connectivity index (χ0) is 15.4. The Bertz CT molecular complexity index is 629. The van der Waals surface area contributed by atoms with E-state index in [1.807, 2.05) is 18.2 Å². The molecule has 6 heteroatoms. The maximum Gasteiger partial charge on any atom is 0.257 e. The van der Waals surface area contributed by atoms with Gasteiger partial charge in [0.1, 0.15) is 0 Å². The molecule has 0 radical (unpaired) electrons. The van der Waals surface area contributed by atoms with E-state index in [2.05, 4.69) is 25.8 Å². The number of benzene rings is 1. The van der Waals surface area contributed by atoms with Crippen LogP contribution in [0.2, 0.25) is 5.02 Å². The van der Waals surface area contributed by atoms with Gasteiger partial charge in [-0.3, -0.25) is 4.90 Å². The van der Waals surface area contributed by atoms with Crippen LogP contribution in [-0.2, 0) is 6.54 Å². The lowest BCUT2D eigenvalue weighted by atomic mass is 10.2. The average Bonchev–Trinajstić information content (AvgIpc) is 2.56. The second kappa shape index (κ2) is 6.94. The monoisotopic (exact) mass is 318 g/mol. The highest BCUT2D eigenvalue weighted by Crippen LogP contribution is 2.23. The topological polar surface area (TPSA) is 41.5 Å². The number of anilines is 1. The van der Waals surface area contributed by atoms with E-state index in [0.717, 1.165) is 43.6 Å². The largest absolute Gasteiger partial charge is 0.478 e. The first-order valence-corrected chi connectivity index (χ1v) is 7.71. The summed E-state index contributed by atoms with van der Waals surface area (Å²) in [5.74, 6) is 1.41. The Hall–Kier alpha value is -1.85. The molecule has 1 aromatic heterocycles. The van der Waals surface area contributed by atoms with Gasteiger partial charge in [-0.25, -0.2) is 9.97 Å². The molecule has 2 aromatic rings. The van der Waals surface area contributed by atoms with Gasteiger partial charge in [0.05, 0.1) is 7.11 Å². The van der Waals surface area contributed by atoms with Crippen LogP contribution in [-0.4, -0.2) is 48.2 Å². The molecule has 1 aromatic carbocycles. The second-order valence-corrected chi connectivity index (χ2v) is 5.72. The van der Waals surface area contributed by atoms with Crippen LogP contribution in [0.1, 0.15) is 5.56 Å². The number of ether oxygens (including phenoxy) is 1. The van der Waals surface area contributed by atoms with Crippen molar-refractivity contribution in [3.63, 3.8) is 0 Å². The fourth-order valence-electron chi connectivity index (χ4n) is 2.69. The summed E-state index contributed by atoms with van der Waals surface area (Å²) < 4.78 is 5.29. The average molecular weight is 319 g/mol. The van der Waals surface area contributed by atoms with Crippen molar-refractivity contribution >= 4 is 17.4 Å². The molecule has 0 N–H and O–H groups in total. The van der Waals surface area contributed by atoms with Gasteiger partial charge in [-0.15, -0.1) is 0 Å². The van der Waals surface area contributed by atoms with E-state index in [0.29, 0.717) is 5.88 Å². The lowest BCUT2D eigenvalue weighted by Crippen LogP contribution is -2.46. The first-order chi connectivity index (χ1) is 10.8. The van der Waals surface area contributed by atoms with E-state index in [4.69, 9.17) is 16.3 Å². The summed E-state index contributed by atoms with van der Waals surface area (Å²) in [6.45, 7) is 4.70. The molecule has 1 fully saturated rings. The molecule has 0 unspecified atom stereocenters. The number of halogens is 1. The van der Waals surface area contributed by atoms with Crippen molar-refractivity contribution < 1.29 is 4.74 Å². The van der Waals surface area contributed by atoms with E-state index in [-0.39, 0.29) is 0 Å². The van der Waals surface area contributed by atoms with Gasteiger partial charge in [0.15, 0.2) is 5.82 Å². The van der Waals surface area contributed by atoms with Crippen molar-refractivity contribution in [2.24, 2.45) is 0 Å². The number of hydrogen-bond acceptors (Lipinski definition) is 5. The highest BCUT2D eigenvalue weighted by molar-refractivity contribution is 6.30. The number of aromatic nitrogens is 2. The van der Waals surface area contributed by atoms with Gasteiger partial charge in [0.2, 0.25) is 0 Å². The third kappa shape index (κ3) is 3.48. The molecule has 1 saturated heterocycles. The van der Waals surface area contributed by atoms with Crippen molar-refractivity contribution in [1.82, 2.24) is 14.9 Å². The standard InChI is InChI=1S/C16H19ClN4O/c1-22-16-15(18-5-6-19-16)21-9-7-20(8-10-21)12-13-3-2-4-14(17)11-13/h2-6,11H,7-10,12H2,1H3. The van der Waals surface area contributed by atoms with Gasteiger partial charge in [0, 0.05) is 50.1 Å². The molecule has 0 saturated carbocycles. The van der Waals surface area contributed by atoms with Crippen LogP contribution >= 0.6 is 11.6 Å². The zero-order valence-corrected chi connectivity index (χ0v) is 13.3. The molecule has 0 aliphatic carbocycles. The van der Waals surface area contributed by atoms with E-state index < -0.39 is 0 Å². The van der Waals surface area contributed by atoms with Gasteiger partial charge in [0.25, 0.3) is 5.88 Å². The van der Waals surface area contributed by atoms with Crippen LogP contribution in [0.3, 0.4) is 0 Å². The molecular weight excluding hydrogens is 300 g/mol. The Balaban J connectivity index is 1.60. The highest BCUT2D eigenvalue weighted by Gasteiger charge is 2.21.